The van der Waals surface area contributed by atoms with E-state index in [2.05, 4.69) is 15.0 Å². The molecule has 3 N–H and O–H groups in total. The molecule has 1 aromatic rings. The van der Waals surface area contributed by atoms with Gasteiger partial charge in [0.05, 0.1) is 4.90 Å². The van der Waals surface area contributed by atoms with E-state index in [9.17, 15) is 8.42 Å². The maximum absolute atomic E-state index is 12.0. The lowest BCUT2D eigenvalue weighted by molar-refractivity contribution is 0.320. The van der Waals surface area contributed by atoms with Gasteiger partial charge in [0.15, 0.2) is 0 Å². The zero-order valence-electron chi connectivity index (χ0n) is 9.94. The van der Waals surface area contributed by atoms with Gasteiger partial charge in [-0.2, -0.15) is 0 Å². The number of nitrogens with one attached hydrogen (secondary N) is 3. The minimum absolute atomic E-state index is 0.0392. The Bertz CT molecular complexity index is 435. The maximum atomic E-state index is 12.0. The quantitative estimate of drug-likeness (QED) is 0.742. The standard InChI is InChI=1S/C11H19N3O2S/c1-9(10-3-2-5-12-7-10)14-17(15,16)11-4-6-13-8-11/h4,6,8-10,12-14H,2-3,5,7H2,1H3. The smallest absolute Gasteiger partial charge is 0.242 e. The van der Waals surface area contributed by atoms with Gasteiger partial charge >= 0.3 is 0 Å². The third-order valence-corrected chi connectivity index (χ3v) is 4.82. The number of aromatic nitrogens is 1. The van der Waals surface area contributed by atoms with E-state index in [1.807, 2.05) is 6.92 Å². The van der Waals surface area contributed by atoms with E-state index < -0.39 is 10.0 Å². The zero-order chi connectivity index (χ0) is 12.3. The lowest BCUT2D eigenvalue weighted by atomic mass is 9.94. The van der Waals surface area contributed by atoms with Crippen molar-refractivity contribution in [2.24, 2.45) is 5.92 Å². The van der Waals surface area contributed by atoms with E-state index in [1.54, 1.807) is 12.3 Å². The summed E-state index contributed by atoms with van der Waals surface area (Å²) in [5, 5.41) is 3.30. The molecule has 0 spiro atoms. The van der Waals surface area contributed by atoms with Crippen molar-refractivity contribution in [1.29, 1.82) is 0 Å². The molecule has 1 aliphatic heterocycles. The molecule has 96 valence electrons. The molecule has 2 unspecified atom stereocenters. The Morgan fingerprint density at radius 1 is 1.53 bits per heavy atom. The molecule has 0 aliphatic carbocycles. The topological polar surface area (TPSA) is 74.0 Å². The highest BCUT2D eigenvalue weighted by atomic mass is 32.2. The van der Waals surface area contributed by atoms with Crippen LogP contribution in [-0.2, 0) is 10.0 Å². The summed E-state index contributed by atoms with van der Waals surface area (Å²) in [6.07, 6.45) is 5.29. The van der Waals surface area contributed by atoms with Gasteiger partial charge in [-0.3, -0.25) is 0 Å². The monoisotopic (exact) mass is 257 g/mol. The summed E-state index contributed by atoms with van der Waals surface area (Å²) in [6, 6.07) is 1.52. The largest absolute Gasteiger partial charge is 0.366 e. The van der Waals surface area contributed by atoms with Gasteiger partial charge in [-0.05, 0) is 44.8 Å². The molecule has 0 aromatic carbocycles. The summed E-state index contributed by atoms with van der Waals surface area (Å²) in [5.41, 5.74) is 0. The van der Waals surface area contributed by atoms with E-state index in [1.165, 1.54) is 6.20 Å². The van der Waals surface area contributed by atoms with Gasteiger partial charge < -0.3 is 10.3 Å². The molecule has 1 aliphatic rings. The highest BCUT2D eigenvalue weighted by molar-refractivity contribution is 7.89. The Balaban J connectivity index is 2.00. The molecule has 0 radical (unpaired) electrons. The Kier molecular flexibility index (Phi) is 3.86. The predicted molar refractivity (Wildman–Crippen MR) is 66.2 cm³/mol. The number of H-pyrrole nitrogens is 1. The molecule has 1 saturated heterocycles. The van der Waals surface area contributed by atoms with Crippen molar-refractivity contribution in [3.05, 3.63) is 18.5 Å². The van der Waals surface area contributed by atoms with Gasteiger partial charge in [-0.25, -0.2) is 13.1 Å². The molecule has 1 fully saturated rings. The highest BCUT2D eigenvalue weighted by Gasteiger charge is 2.25. The fraction of sp³-hybridized carbons (Fsp3) is 0.636. The molecule has 0 bridgehead atoms. The second kappa shape index (κ2) is 5.20. The van der Waals surface area contributed by atoms with Crippen LogP contribution in [0, 0.1) is 5.92 Å². The van der Waals surface area contributed by atoms with Crippen molar-refractivity contribution in [2.45, 2.75) is 30.7 Å². The van der Waals surface area contributed by atoms with Crippen LogP contribution in [0.3, 0.4) is 0 Å². The normalized spacial score (nSPS) is 23.5. The number of hydrogen-bond acceptors (Lipinski definition) is 3. The van der Waals surface area contributed by atoms with Crippen LogP contribution < -0.4 is 10.0 Å². The first-order valence-corrected chi connectivity index (χ1v) is 7.44. The van der Waals surface area contributed by atoms with E-state index in [-0.39, 0.29) is 6.04 Å². The van der Waals surface area contributed by atoms with Crippen LogP contribution in [-0.4, -0.2) is 32.5 Å². The third kappa shape index (κ3) is 3.08. The van der Waals surface area contributed by atoms with Crippen LogP contribution >= 0.6 is 0 Å². The van der Waals surface area contributed by atoms with Crippen molar-refractivity contribution in [3.63, 3.8) is 0 Å². The predicted octanol–water partition coefficient (Wildman–Crippen LogP) is 0.681. The van der Waals surface area contributed by atoms with E-state index in [4.69, 9.17) is 0 Å². The number of hydrogen-bond donors (Lipinski definition) is 3. The molecule has 0 saturated carbocycles. The molecule has 5 nitrogen and oxygen atoms in total. The van der Waals surface area contributed by atoms with Gasteiger partial charge in [-0.1, -0.05) is 0 Å². The molecule has 0 amide bonds. The minimum atomic E-state index is -3.37. The van der Waals surface area contributed by atoms with Crippen molar-refractivity contribution in [3.8, 4) is 0 Å². The van der Waals surface area contributed by atoms with Gasteiger partial charge in [0, 0.05) is 18.4 Å². The number of aromatic amines is 1. The Morgan fingerprint density at radius 2 is 2.35 bits per heavy atom. The van der Waals surface area contributed by atoms with Crippen LogP contribution in [0.4, 0.5) is 0 Å². The average molecular weight is 257 g/mol. The van der Waals surface area contributed by atoms with Gasteiger partial charge in [0.25, 0.3) is 0 Å². The molecule has 2 rings (SSSR count). The SMILES string of the molecule is CC(NS(=O)(=O)c1cc[nH]c1)C1CCCNC1. The molecular formula is C11H19N3O2S. The van der Waals surface area contributed by atoms with E-state index in [0.717, 1.165) is 25.9 Å². The number of rotatable bonds is 4. The Hall–Kier alpha value is -0.850. The first kappa shape index (κ1) is 12.6. The summed E-state index contributed by atoms with van der Waals surface area (Å²) in [4.78, 5) is 3.06. The second-order valence-electron chi connectivity index (χ2n) is 4.56. The van der Waals surface area contributed by atoms with Crippen molar-refractivity contribution < 1.29 is 8.42 Å². The maximum Gasteiger partial charge on any atom is 0.242 e. The summed E-state index contributed by atoms with van der Waals surface area (Å²) < 4.78 is 26.7. The van der Waals surface area contributed by atoms with E-state index in [0.29, 0.717) is 10.8 Å². The summed E-state index contributed by atoms with van der Waals surface area (Å²) in [7, 11) is -3.37. The van der Waals surface area contributed by atoms with Crippen molar-refractivity contribution in [2.75, 3.05) is 13.1 Å². The summed E-state index contributed by atoms with van der Waals surface area (Å²) in [5.74, 6) is 0.373. The number of sulfonamides is 1. The highest BCUT2D eigenvalue weighted by Crippen LogP contribution is 2.16. The number of piperidine rings is 1. The molecule has 1 aromatic heterocycles. The first-order valence-electron chi connectivity index (χ1n) is 5.95. The van der Waals surface area contributed by atoms with Crippen molar-refractivity contribution >= 4 is 10.0 Å². The van der Waals surface area contributed by atoms with Gasteiger partial charge in [-0.15, -0.1) is 0 Å². The van der Waals surface area contributed by atoms with Crippen molar-refractivity contribution in [1.82, 2.24) is 15.0 Å². The summed E-state index contributed by atoms with van der Waals surface area (Å²) >= 11 is 0. The molecular weight excluding hydrogens is 238 g/mol. The second-order valence-corrected chi connectivity index (χ2v) is 6.28. The van der Waals surface area contributed by atoms with Crippen LogP contribution in [0.25, 0.3) is 0 Å². The molecule has 6 heteroatoms. The van der Waals surface area contributed by atoms with Gasteiger partial charge in [0.2, 0.25) is 10.0 Å². The summed E-state index contributed by atoms with van der Waals surface area (Å²) in [6.45, 7) is 3.85. The van der Waals surface area contributed by atoms with E-state index >= 15 is 0 Å². The molecule has 2 atom stereocenters. The Labute approximate surface area is 102 Å². The van der Waals surface area contributed by atoms with Crippen LogP contribution in [0.1, 0.15) is 19.8 Å². The van der Waals surface area contributed by atoms with Crippen LogP contribution in [0.2, 0.25) is 0 Å². The van der Waals surface area contributed by atoms with Crippen LogP contribution in [0.5, 0.6) is 0 Å². The minimum Gasteiger partial charge on any atom is -0.366 e. The fourth-order valence-corrected chi connectivity index (χ4v) is 3.48. The molecule has 2 heterocycles. The lowest BCUT2D eigenvalue weighted by Crippen LogP contribution is -2.44. The molecule has 17 heavy (non-hydrogen) atoms. The Morgan fingerprint density at radius 3 is 2.94 bits per heavy atom. The lowest BCUT2D eigenvalue weighted by Gasteiger charge is -2.28. The average Bonchev–Trinajstić information content (AvgIpc) is 2.84. The zero-order valence-corrected chi connectivity index (χ0v) is 10.8. The fourth-order valence-electron chi connectivity index (χ4n) is 2.19. The third-order valence-electron chi connectivity index (χ3n) is 3.26. The van der Waals surface area contributed by atoms with Gasteiger partial charge in [0.1, 0.15) is 0 Å². The first-order chi connectivity index (χ1) is 8.09. The van der Waals surface area contributed by atoms with Crippen LogP contribution in [0.15, 0.2) is 23.4 Å².